The van der Waals surface area contributed by atoms with E-state index in [-0.39, 0.29) is 5.91 Å². The van der Waals surface area contributed by atoms with E-state index in [1.807, 2.05) is 36.4 Å². The second kappa shape index (κ2) is 7.48. The Kier molecular flexibility index (Phi) is 4.72. The van der Waals surface area contributed by atoms with Gasteiger partial charge < -0.3 is 10.6 Å². The second-order valence-corrected chi connectivity index (χ2v) is 6.77. The molecule has 1 amide bonds. The van der Waals surface area contributed by atoms with Crippen LogP contribution in [0.25, 0.3) is 10.9 Å². The smallest absolute Gasteiger partial charge is 0.274 e. The van der Waals surface area contributed by atoms with E-state index in [4.69, 9.17) is 0 Å². The average Bonchev–Trinajstić information content (AvgIpc) is 2.68. The Bertz CT molecular complexity index is 1140. The second-order valence-electron chi connectivity index (χ2n) is 6.77. The number of para-hydroxylation sites is 1. The normalized spacial score (nSPS) is 10.6. The minimum Gasteiger partial charge on any atom is -0.355 e. The number of rotatable bonds is 4. The standard InChI is InChI=1S/C23H20N4O/c1-15-11-16(2)13-19(12-15)26-18-8-10-24-21(14-18)23(28)27-20-7-3-5-17-6-4-9-25-22(17)20/h3-14H,1-2H3,(H,24,26)(H,27,28). The summed E-state index contributed by atoms with van der Waals surface area (Å²) >= 11 is 0. The molecule has 0 saturated heterocycles. The van der Waals surface area contributed by atoms with Crippen LogP contribution in [0.1, 0.15) is 21.6 Å². The van der Waals surface area contributed by atoms with Crippen LogP contribution in [0.5, 0.6) is 0 Å². The molecule has 0 atom stereocenters. The molecule has 5 nitrogen and oxygen atoms in total. The number of hydrogen-bond donors (Lipinski definition) is 2. The third-order valence-electron chi connectivity index (χ3n) is 4.38. The number of nitrogens with one attached hydrogen (secondary N) is 2. The highest BCUT2D eigenvalue weighted by Gasteiger charge is 2.11. The lowest BCUT2D eigenvalue weighted by molar-refractivity contribution is 0.102. The first kappa shape index (κ1) is 17.7. The Balaban J connectivity index is 1.57. The van der Waals surface area contributed by atoms with Crippen LogP contribution in [0.3, 0.4) is 0 Å². The number of aromatic nitrogens is 2. The summed E-state index contributed by atoms with van der Waals surface area (Å²) in [6.07, 6.45) is 3.34. The fraction of sp³-hybridized carbons (Fsp3) is 0.0870. The van der Waals surface area contributed by atoms with E-state index in [2.05, 4.69) is 52.6 Å². The number of nitrogens with zero attached hydrogens (tertiary/aromatic N) is 2. The van der Waals surface area contributed by atoms with Crippen molar-refractivity contribution in [2.45, 2.75) is 13.8 Å². The molecule has 2 heterocycles. The van der Waals surface area contributed by atoms with E-state index in [1.54, 1.807) is 18.5 Å². The maximum Gasteiger partial charge on any atom is 0.274 e. The van der Waals surface area contributed by atoms with Crippen molar-refractivity contribution in [3.63, 3.8) is 0 Å². The van der Waals surface area contributed by atoms with E-state index in [1.165, 1.54) is 11.1 Å². The minimum atomic E-state index is -0.276. The average molecular weight is 368 g/mol. The molecule has 0 radical (unpaired) electrons. The van der Waals surface area contributed by atoms with Crippen molar-refractivity contribution < 1.29 is 4.79 Å². The number of anilines is 3. The predicted octanol–water partition coefficient (Wildman–Crippen LogP) is 5.24. The first-order valence-electron chi connectivity index (χ1n) is 9.05. The Hall–Kier alpha value is -3.73. The summed E-state index contributed by atoms with van der Waals surface area (Å²) < 4.78 is 0. The highest BCUT2D eigenvalue weighted by Crippen LogP contribution is 2.23. The number of carbonyl (C=O) groups is 1. The third-order valence-corrected chi connectivity index (χ3v) is 4.38. The van der Waals surface area contributed by atoms with Crippen molar-refractivity contribution in [3.05, 3.63) is 89.9 Å². The van der Waals surface area contributed by atoms with Crippen LogP contribution in [0.2, 0.25) is 0 Å². The van der Waals surface area contributed by atoms with Crippen molar-refractivity contribution in [1.29, 1.82) is 0 Å². The quantitative estimate of drug-likeness (QED) is 0.517. The molecule has 28 heavy (non-hydrogen) atoms. The fourth-order valence-electron chi connectivity index (χ4n) is 3.24. The van der Waals surface area contributed by atoms with Gasteiger partial charge in [0.15, 0.2) is 0 Å². The van der Waals surface area contributed by atoms with Crippen LogP contribution in [0.4, 0.5) is 17.1 Å². The van der Waals surface area contributed by atoms with Crippen molar-refractivity contribution in [2.75, 3.05) is 10.6 Å². The summed E-state index contributed by atoms with van der Waals surface area (Å²) in [5.41, 5.74) is 5.90. The van der Waals surface area contributed by atoms with E-state index >= 15 is 0 Å². The molecule has 138 valence electrons. The number of aryl methyl sites for hydroxylation is 2. The molecule has 2 aromatic heterocycles. The van der Waals surface area contributed by atoms with Crippen LogP contribution in [-0.4, -0.2) is 15.9 Å². The molecule has 0 saturated carbocycles. The summed E-state index contributed by atoms with van der Waals surface area (Å²) in [7, 11) is 0. The Morgan fingerprint density at radius 1 is 0.821 bits per heavy atom. The predicted molar refractivity (Wildman–Crippen MR) is 113 cm³/mol. The van der Waals surface area contributed by atoms with Gasteiger partial charge in [0.2, 0.25) is 0 Å². The van der Waals surface area contributed by atoms with Crippen LogP contribution < -0.4 is 10.6 Å². The first-order valence-corrected chi connectivity index (χ1v) is 9.05. The van der Waals surface area contributed by atoms with Gasteiger partial charge in [-0.25, -0.2) is 0 Å². The number of benzene rings is 2. The van der Waals surface area contributed by atoms with Crippen LogP contribution in [-0.2, 0) is 0 Å². The molecule has 4 aromatic rings. The lowest BCUT2D eigenvalue weighted by Crippen LogP contribution is -2.14. The molecule has 0 unspecified atom stereocenters. The minimum absolute atomic E-state index is 0.276. The molecule has 0 fully saturated rings. The molecule has 4 rings (SSSR count). The molecule has 0 bridgehead atoms. The van der Waals surface area contributed by atoms with Crippen LogP contribution in [0, 0.1) is 13.8 Å². The van der Waals surface area contributed by atoms with Gasteiger partial charge >= 0.3 is 0 Å². The maximum absolute atomic E-state index is 12.7. The monoisotopic (exact) mass is 368 g/mol. The zero-order chi connectivity index (χ0) is 19.5. The van der Waals surface area contributed by atoms with Gasteiger partial charge in [-0.05, 0) is 61.4 Å². The molecule has 5 heteroatoms. The van der Waals surface area contributed by atoms with Gasteiger partial charge in [-0.2, -0.15) is 0 Å². The summed E-state index contributed by atoms with van der Waals surface area (Å²) in [6.45, 7) is 4.11. The summed E-state index contributed by atoms with van der Waals surface area (Å²) in [4.78, 5) is 21.3. The van der Waals surface area contributed by atoms with Crippen molar-refractivity contribution in [1.82, 2.24) is 9.97 Å². The fourth-order valence-corrected chi connectivity index (χ4v) is 3.24. The van der Waals surface area contributed by atoms with Gasteiger partial charge in [-0.3, -0.25) is 14.8 Å². The molecular weight excluding hydrogens is 348 g/mol. The van der Waals surface area contributed by atoms with Crippen molar-refractivity contribution in [2.24, 2.45) is 0 Å². The first-order chi connectivity index (χ1) is 13.6. The Morgan fingerprint density at radius 3 is 2.43 bits per heavy atom. The van der Waals surface area contributed by atoms with Gasteiger partial charge in [0, 0.05) is 29.2 Å². The summed E-state index contributed by atoms with van der Waals surface area (Å²) in [5, 5.41) is 7.23. The highest BCUT2D eigenvalue weighted by molar-refractivity contribution is 6.07. The van der Waals surface area contributed by atoms with Gasteiger partial charge in [0.25, 0.3) is 5.91 Å². The van der Waals surface area contributed by atoms with Crippen molar-refractivity contribution in [3.8, 4) is 0 Å². The van der Waals surface area contributed by atoms with Crippen LogP contribution >= 0.6 is 0 Å². The Labute approximate surface area is 163 Å². The Morgan fingerprint density at radius 2 is 1.61 bits per heavy atom. The van der Waals surface area contributed by atoms with Gasteiger partial charge in [0.1, 0.15) is 5.69 Å². The SMILES string of the molecule is Cc1cc(C)cc(Nc2ccnc(C(=O)Nc3cccc4cccnc34)c2)c1. The number of carbonyl (C=O) groups excluding carboxylic acids is 1. The van der Waals surface area contributed by atoms with Gasteiger partial charge in [-0.1, -0.05) is 24.3 Å². The molecule has 0 spiro atoms. The van der Waals surface area contributed by atoms with Gasteiger partial charge in [0.05, 0.1) is 11.2 Å². The molecule has 0 aliphatic carbocycles. The van der Waals surface area contributed by atoms with E-state index < -0.39 is 0 Å². The zero-order valence-corrected chi connectivity index (χ0v) is 15.7. The molecular formula is C23H20N4O. The molecule has 2 N–H and O–H groups in total. The number of amides is 1. The zero-order valence-electron chi connectivity index (χ0n) is 15.7. The van der Waals surface area contributed by atoms with E-state index in [0.717, 1.165) is 22.3 Å². The largest absolute Gasteiger partial charge is 0.355 e. The van der Waals surface area contributed by atoms with Crippen molar-refractivity contribution >= 4 is 33.9 Å². The van der Waals surface area contributed by atoms with E-state index in [9.17, 15) is 4.79 Å². The molecule has 0 aliphatic rings. The molecule has 2 aromatic carbocycles. The maximum atomic E-state index is 12.7. The summed E-state index contributed by atoms with van der Waals surface area (Å²) in [5.74, 6) is -0.276. The van der Waals surface area contributed by atoms with E-state index in [0.29, 0.717) is 11.4 Å². The van der Waals surface area contributed by atoms with Gasteiger partial charge in [-0.15, -0.1) is 0 Å². The lowest BCUT2D eigenvalue weighted by Gasteiger charge is -2.11. The lowest BCUT2D eigenvalue weighted by atomic mass is 10.1. The number of fused-ring (bicyclic) bond motifs is 1. The topological polar surface area (TPSA) is 66.9 Å². The third kappa shape index (κ3) is 3.83. The number of hydrogen-bond acceptors (Lipinski definition) is 4. The molecule has 0 aliphatic heterocycles. The highest BCUT2D eigenvalue weighted by atomic mass is 16.1. The van der Waals surface area contributed by atoms with Crippen LogP contribution in [0.15, 0.2) is 73.1 Å². The number of pyridine rings is 2. The summed E-state index contributed by atoms with van der Waals surface area (Å²) in [6, 6.07) is 19.4.